The van der Waals surface area contributed by atoms with Crippen molar-refractivity contribution in [2.24, 2.45) is 12.8 Å². The van der Waals surface area contributed by atoms with Gasteiger partial charge in [0.15, 0.2) is 0 Å². The van der Waals surface area contributed by atoms with Crippen molar-refractivity contribution in [1.82, 2.24) is 20.0 Å². The van der Waals surface area contributed by atoms with Gasteiger partial charge in [-0.15, -0.1) is 5.10 Å². The fraction of sp³-hybridized carbons (Fsp3) is 0.462. The lowest BCUT2D eigenvalue weighted by Gasteiger charge is -2.10. The van der Waals surface area contributed by atoms with E-state index in [0.717, 1.165) is 23.5 Å². The predicted octanol–water partition coefficient (Wildman–Crippen LogP) is 1.02. The van der Waals surface area contributed by atoms with Gasteiger partial charge in [0.2, 0.25) is 5.88 Å². The number of hydrogen-bond acceptors (Lipinski definition) is 5. The van der Waals surface area contributed by atoms with E-state index in [9.17, 15) is 0 Å². The number of methoxy groups -OCH3 is 1. The number of nitrogens with zero attached hydrogens (tertiary/aromatic N) is 4. The van der Waals surface area contributed by atoms with Gasteiger partial charge in [-0.2, -0.15) is 10.2 Å². The summed E-state index contributed by atoms with van der Waals surface area (Å²) in [5.41, 5.74) is 9.08. The van der Waals surface area contributed by atoms with E-state index < -0.39 is 0 Å². The molecular weight excluding hydrogens is 242 g/mol. The Morgan fingerprint density at radius 3 is 2.68 bits per heavy atom. The minimum Gasteiger partial charge on any atom is -0.480 e. The number of rotatable bonds is 5. The number of ether oxygens (including phenoxy) is 1. The fourth-order valence-electron chi connectivity index (χ4n) is 1.90. The van der Waals surface area contributed by atoms with Gasteiger partial charge in [-0.25, -0.2) is 0 Å². The molecule has 0 fully saturated rings. The average Bonchev–Trinajstić information content (AvgIpc) is 2.79. The molecule has 0 aliphatic heterocycles. The van der Waals surface area contributed by atoms with Crippen molar-refractivity contribution in [3.05, 3.63) is 35.3 Å². The molecule has 102 valence electrons. The Labute approximate surface area is 112 Å². The maximum absolute atomic E-state index is 6.15. The second kappa shape index (κ2) is 5.79. The van der Waals surface area contributed by atoms with E-state index in [0.29, 0.717) is 12.3 Å². The van der Waals surface area contributed by atoms with Gasteiger partial charge in [-0.3, -0.25) is 4.68 Å². The highest BCUT2D eigenvalue weighted by molar-refractivity contribution is 5.17. The molecule has 0 amide bonds. The molecule has 1 unspecified atom stereocenters. The number of nitrogens with two attached hydrogens (primary N) is 1. The van der Waals surface area contributed by atoms with Crippen LogP contribution in [0.15, 0.2) is 18.2 Å². The number of hydrogen-bond donors (Lipinski definition) is 1. The first-order chi connectivity index (χ1) is 9.13. The minimum absolute atomic E-state index is 0.196. The second-order valence-corrected chi connectivity index (χ2v) is 4.42. The monoisotopic (exact) mass is 261 g/mol. The largest absolute Gasteiger partial charge is 0.480 e. The first-order valence-electron chi connectivity index (χ1n) is 6.29. The van der Waals surface area contributed by atoms with Crippen LogP contribution in [0.1, 0.15) is 30.0 Å². The molecule has 1 atom stereocenters. The van der Waals surface area contributed by atoms with Crippen molar-refractivity contribution in [2.45, 2.75) is 25.8 Å². The van der Waals surface area contributed by atoms with Gasteiger partial charge >= 0.3 is 0 Å². The van der Waals surface area contributed by atoms with E-state index in [1.54, 1.807) is 13.2 Å². The molecule has 0 bridgehead atoms. The van der Waals surface area contributed by atoms with E-state index in [4.69, 9.17) is 10.5 Å². The van der Waals surface area contributed by atoms with Gasteiger partial charge in [-0.05, 0) is 18.6 Å². The molecule has 0 spiro atoms. The van der Waals surface area contributed by atoms with Crippen LogP contribution in [-0.4, -0.2) is 27.1 Å². The van der Waals surface area contributed by atoms with E-state index in [-0.39, 0.29) is 6.04 Å². The van der Waals surface area contributed by atoms with Crippen LogP contribution in [-0.2, 0) is 19.9 Å². The molecule has 2 aromatic rings. The SMILES string of the molecule is CCc1cc(CC(N)c2ccc(OC)nn2)n(C)n1. The van der Waals surface area contributed by atoms with Gasteiger partial charge in [0, 0.05) is 25.2 Å². The molecule has 0 radical (unpaired) electrons. The van der Waals surface area contributed by atoms with Gasteiger partial charge in [0.25, 0.3) is 0 Å². The summed E-state index contributed by atoms with van der Waals surface area (Å²) in [4.78, 5) is 0. The Kier molecular flexibility index (Phi) is 4.11. The van der Waals surface area contributed by atoms with Gasteiger partial charge in [0.1, 0.15) is 0 Å². The zero-order valence-corrected chi connectivity index (χ0v) is 11.5. The van der Waals surface area contributed by atoms with E-state index >= 15 is 0 Å². The van der Waals surface area contributed by atoms with Crippen LogP contribution < -0.4 is 10.5 Å². The fourth-order valence-corrected chi connectivity index (χ4v) is 1.90. The molecule has 6 heteroatoms. The highest BCUT2D eigenvalue weighted by atomic mass is 16.5. The third-order valence-electron chi connectivity index (χ3n) is 3.07. The lowest BCUT2D eigenvalue weighted by Crippen LogP contribution is -2.17. The van der Waals surface area contributed by atoms with Crippen molar-refractivity contribution in [3.63, 3.8) is 0 Å². The Bertz CT molecular complexity index is 534. The first-order valence-corrected chi connectivity index (χ1v) is 6.29. The maximum atomic E-state index is 6.15. The number of aromatic nitrogens is 4. The Morgan fingerprint density at radius 1 is 1.37 bits per heavy atom. The molecule has 0 saturated heterocycles. The molecule has 0 saturated carbocycles. The predicted molar refractivity (Wildman–Crippen MR) is 71.8 cm³/mol. The van der Waals surface area contributed by atoms with Crippen LogP contribution in [0, 0.1) is 0 Å². The molecule has 2 heterocycles. The zero-order valence-electron chi connectivity index (χ0n) is 11.5. The molecule has 2 N–H and O–H groups in total. The summed E-state index contributed by atoms with van der Waals surface area (Å²) in [7, 11) is 3.49. The molecule has 19 heavy (non-hydrogen) atoms. The van der Waals surface area contributed by atoms with Crippen LogP contribution in [0.25, 0.3) is 0 Å². The Morgan fingerprint density at radius 2 is 2.16 bits per heavy atom. The van der Waals surface area contributed by atoms with Crippen LogP contribution >= 0.6 is 0 Å². The van der Waals surface area contributed by atoms with Crippen molar-refractivity contribution in [1.29, 1.82) is 0 Å². The zero-order chi connectivity index (χ0) is 13.8. The van der Waals surface area contributed by atoms with Crippen LogP contribution in [0.3, 0.4) is 0 Å². The molecular formula is C13H19N5O. The molecule has 0 aliphatic carbocycles. The third kappa shape index (κ3) is 3.08. The lowest BCUT2D eigenvalue weighted by molar-refractivity contribution is 0.390. The van der Waals surface area contributed by atoms with Gasteiger partial charge in [-0.1, -0.05) is 6.92 Å². The van der Waals surface area contributed by atoms with Gasteiger partial charge < -0.3 is 10.5 Å². The lowest BCUT2D eigenvalue weighted by atomic mass is 10.1. The highest BCUT2D eigenvalue weighted by Gasteiger charge is 2.13. The molecule has 0 aliphatic rings. The standard InChI is InChI=1S/C13H19N5O/c1-4-9-7-10(18(2)17-9)8-11(14)12-5-6-13(19-3)16-15-12/h5-7,11H,4,8,14H2,1-3H3. The Balaban J connectivity index is 2.10. The summed E-state index contributed by atoms with van der Waals surface area (Å²) in [6.07, 6.45) is 1.61. The smallest absolute Gasteiger partial charge is 0.233 e. The van der Waals surface area contributed by atoms with Crippen LogP contribution in [0.4, 0.5) is 0 Å². The molecule has 6 nitrogen and oxygen atoms in total. The summed E-state index contributed by atoms with van der Waals surface area (Å²) < 4.78 is 6.85. The van der Waals surface area contributed by atoms with Crippen molar-refractivity contribution < 1.29 is 4.74 Å². The average molecular weight is 261 g/mol. The van der Waals surface area contributed by atoms with Crippen molar-refractivity contribution >= 4 is 0 Å². The first kappa shape index (κ1) is 13.5. The molecule has 2 aromatic heterocycles. The van der Waals surface area contributed by atoms with Crippen LogP contribution in [0.5, 0.6) is 5.88 Å². The number of aryl methyl sites for hydroxylation is 2. The molecule has 2 rings (SSSR count). The Hall–Kier alpha value is -1.95. The summed E-state index contributed by atoms with van der Waals surface area (Å²) in [5.74, 6) is 0.491. The van der Waals surface area contributed by atoms with Crippen LogP contribution in [0.2, 0.25) is 0 Å². The summed E-state index contributed by atoms with van der Waals surface area (Å²) in [6, 6.07) is 5.49. The summed E-state index contributed by atoms with van der Waals surface area (Å²) in [6.45, 7) is 2.08. The van der Waals surface area contributed by atoms with E-state index in [1.165, 1.54) is 0 Å². The normalized spacial score (nSPS) is 12.4. The van der Waals surface area contributed by atoms with E-state index in [2.05, 4.69) is 28.3 Å². The second-order valence-electron chi connectivity index (χ2n) is 4.42. The molecule has 0 aromatic carbocycles. The van der Waals surface area contributed by atoms with Crippen molar-refractivity contribution in [2.75, 3.05) is 7.11 Å². The van der Waals surface area contributed by atoms with Gasteiger partial charge in [0.05, 0.1) is 24.5 Å². The third-order valence-corrected chi connectivity index (χ3v) is 3.07. The minimum atomic E-state index is -0.196. The topological polar surface area (TPSA) is 78.9 Å². The van der Waals surface area contributed by atoms with Crippen molar-refractivity contribution in [3.8, 4) is 5.88 Å². The quantitative estimate of drug-likeness (QED) is 0.869. The maximum Gasteiger partial charge on any atom is 0.233 e. The van der Waals surface area contributed by atoms with E-state index in [1.807, 2.05) is 17.8 Å². The summed E-state index contributed by atoms with van der Waals surface area (Å²) in [5, 5.41) is 12.4. The highest BCUT2D eigenvalue weighted by Crippen LogP contribution is 2.16. The summed E-state index contributed by atoms with van der Waals surface area (Å²) >= 11 is 0.